The molecule has 3 N–H and O–H groups in total. The van der Waals surface area contributed by atoms with Crippen molar-refractivity contribution in [2.24, 2.45) is 10.9 Å². The topological polar surface area (TPSA) is 65.1 Å². The van der Waals surface area contributed by atoms with Gasteiger partial charge in [0.25, 0.3) is 0 Å². The number of hydrogen-bond donors (Lipinski definition) is 2. The molecule has 1 aromatic carbocycles. The molecule has 0 saturated heterocycles. The van der Waals surface area contributed by atoms with Crippen LogP contribution in [0.5, 0.6) is 0 Å². The fraction of sp³-hybridized carbons (Fsp3) is 0.533. The molecule has 0 aromatic heterocycles. The van der Waals surface area contributed by atoms with Gasteiger partial charge in [-0.2, -0.15) is 0 Å². The highest BCUT2D eigenvalue weighted by atomic mass is 19.1. The average molecular weight is 294 g/mol. The summed E-state index contributed by atoms with van der Waals surface area (Å²) in [7, 11) is 6.04. The first-order valence-electron chi connectivity index (χ1n) is 7.06. The lowest BCUT2D eigenvalue weighted by molar-refractivity contribution is 0.0682. The summed E-state index contributed by atoms with van der Waals surface area (Å²) in [5, 5.41) is 11.5. The zero-order valence-corrected chi connectivity index (χ0v) is 12.8. The van der Waals surface area contributed by atoms with Gasteiger partial charge in [0.1, 0.15) is 5.82 Å². The van der Waals surface area contributed by atoms with Crippen molar-refractivity contribution < 1.29 is 9.60 Å². The number of halogens is 1. The number of benzene rings is 1. The Hall–Kier alpha value is -1.82. The van der Waals surface area contributed by atoms with Gasteiger partial charge in [-0.1, -0.05) is 5.16 Å². The maximum atomic E-state index is 14.2. The van der Waals surface area contributed by atoms with E-state index in [0.717, 1.165) is 19.4 Å². The standard InChI is InChI=1S/C15H23FN4O/c1-19(2)15(7-4-8-15)10-20(3)13-6-5-11(9-12(13)16)14(17)18-21/h5-6,9,21H,4,7-8,10H2,1-3H3,(H2,17,18). The van der Waals surface area contributed by atoms with Gasteiger partial charge in [-0.15, -0.1) is 0 Å². The van der Waals surface area contributed by atoms with Gasteiger partial charge in [-0.05, 0) is 51.6 Å². The Labute approximate surface area is 124 Å². The predicted octanol–water partition coefficient (Wildman–Crippen LogP) is 1.84. The largest absolute Gasteiger partial charge is 0.409 e. The minimum atomic E-state index is -0.366. The number of oxime groups is 1. The maximum absolute atomic E-state index is 14.2. The molecule has 0 unspecified atom stereocenters. The maximum Gasteiger partial charge on any atom is 0.170 e. The van der Waals surface area contributed by atoms with Gasteiger partial charge >= 0.3 is 0 Å². The molecule has 5 nitrogen and oxygen atoms in total. The molecule has 0 radical (unpaired) electrons. The summed E-state index contributed by atoms with van der Waals surface area (Å²) < 4.78 is 14.2. The molecule has 1 aliphatic rings. The van der Waals surface area contributed by atoms with Crippen LogP contribution < -0.4 is 10.6 Å². The minimum Gasteiger partial charge on any atom is -0.409 e. The van der Waals surface area contributed by atoms with Crippen molar-refractivity contribution in [2.45, 2.75) is 24.8 Å². The van der Waals surface area contributed by atoms with Crippen LogP contribution in [0.1, 0.15) is 24.8 Å². The van der Waals surface area contributed by atoms with E-state index in [1.807, 2.05) is 11.9 Å². The summed E-state index contributed by atoms with van der Waals surface area (Å²) in [6, 6.07) is 4.63. The monoisotopic (exact) mass is 294 g/mol. The van der Waals surface area contributed by atoms with Crippen LogP contribution in [0.2, 0.25) is 0 Å². The van der Waals surface area contributed by atoms with Crippen molar-refractivity contribution in [2.75, 3.05) is 32.6 Å². The molecule has 1 fully saturated rings. The molecule has 1 aliphatic carbocycles. The highest BCUT2D eigenvalue weighted by Gasteiger charge is 2.40. The number of likely N-dealkylation sites (N-methyl/N-ethyl adjacent to an activating group) is 2. The summed E-state index contributed by atoms with van der Waals surface area (Å²) in [6.45, 7) is 0.778. The molecule has 2 rings (SSSR count). The summed E-state index contributed by atoms with van der Waals surface area (Å²) in [5.41, 5.74) is 6.50. The van der Waals surface area contributed by atoms with Crippen molar-refractivity contribution in [1.29, 1.82) is 0 Å². The Morgan fingerprint density at radius 2 is 2.05 bits per heavy atom. The predicted molar refractivity (Wildman–Crippen MR) is 82.4 cm³/mol. The van der Waals surface area contributed by atoms with E-state index in [2.05, 4.69) is 24.2 Å². The normalized spacial score (nSPS) is 17.7. The Morgan fingerprint density at radius 1 is 1.38 bits per heavy atom. The number of nitrogens with two attached hydrogens (primary N) is 1. The molecule has 21 heavy (non-hydrogen) atoms. The molecule has 0 spiro atoms. The van der Waals surface area contributed by atoms with E-state index in [4.69, 9.17) is 10.9 Å². The lowest BCUT2D eigenvalue weighted by Crippen LogP contribution is -2.56. The van der Waals surface area contributed by atoms with Gasteiger partial charge in [0.15, 0.2) is 5.84 Å². The molecule has 0 amide bonds. The Morgan fingerprint density at radius 3 is 2.48 bits per heavy atom. The van der Waals surface area contributed by atoms with Crippen LogP contribution in [0.15, 0.2) is 23.4 Å². The summed E-state index contributed by atoms with van der Waals surface area (Å²) in [5.74, 6) is -0.457. The number of rotatable bonds is 5. The second-order valence-corrected chi connectivity index (χ2v) is 5.98. The zero-order valence-electron chi connectivity index (χ0n) is 12.8. The number of amidine groups is 1. The van der Waals surface area contributed by atoms with Crippen molar-refractivity contribution in [3.63, 3.8) is 0 Å². The van der Waals surface area contributed by atoms with Gasteiger partial charge in [0.05, 0.1) is 5.69 Å². The molecule has 1 saturated carbocycles. The fourth-order valence-corrected chi connectivity index (χ4v) is 2.89. The van der Waals surface area contributed by atoms with Crippen molar-refractivity contribution in [1.82, 2.24) is 4.90 Å². The van der Waals surface area contributed by atoms with Crippen LogP contribution >= 0.6 is 0 Å². The molecule has 0 bridgehead atoms. The lowest BCUT2D eigenvalue weighted by Gasteiger charge is -2.49. The van der Waals surface area contributed by atoms with Crippen molar-refractivity contribution in [3.8, 4) is 0 Å². The van der Waals surface area contributed by atoms with E-state index in [9.17, 15) is 4.39 Å². The van der Waals surface area contributed by atoms with E-state index in [1.54, 1.807) is 12.1 Å². The van der Waals surface area contributed by atoms with E-state index in [0.29, 0.717) is 11.3 Å². The van der Waals surface area contributed by atoms with E-state index < -0.39 is 0 Å². The third-order valence-electron chi connectivity index (χ3n) is 4.53. The second kappa shape index (κ2) is 5.89. The highest BCUT2D eigenvalue weighted by molar-refractivity contribution is 5.97. The van der Waals surface area contributed by atoms with E-state index >= 15 is 0 Å². The average Bonchev–Trinajstić information content (AvgIpc) is 2.41. The quantitative estimate of drug-likeness (QED) is 0.376. The van der Waals surface area contributed by atoms with E-state index in [-0.39, 0.29) is 17.2 Å². The zero-order chi connectivity index (χ0) is 15.6. The highest BCUT2D eigenvalue weighted by Crippen LogP contribution is 2.37. The summed E-state index contributed by atoms with van der Waals surface area (Å²) in [4.78, 5) is 4.17. The summed E-state index contributed by atoms with van der Waals surface area (Å²) in [6.07, 6.45) is 3.49. The van der Waals surface area contributed by atoms with Crippen LogP contribution in [-0.2, 0) is 0 Å². The SMILES string of the molecule is CN(CC1(N(C)C)CCC1)c1ccc(/C(N)=N/O)cc1F. The fourth-order valence-electron chi connectivity index (χ4n) is 2.89. The molecule has 0 atom stereocenters. The Bertz CT molecular complexity index is 540. The number of anilines is 1. The van der Waals surface area contributed by atoms with Crippen molar-refractivity contribution >= 4 is 11.5 Å². The first-order chi connectivity index (χ1) is 9.89. The van der Waals surface area contributed by atoms with E-state index in [1.165, 1.54) is 12.5 Å². The molecule has 1 aromatic rings. The van der Waals surface area contributed by atoms with Crippen LogP contribution in [0, 0.1) is 5.82 Å². The number of nitrogens with zero attached hydrogens (tertiary/aromatic N) is 3. The second-order valence-electron chi connectivity index (χ2n) is 5.98. The van der Waals surface area contributed by atoms with Gasteiger partial charge in [-0.25, -0.2) is 4.39 Å². The van der Waals surface area contributed by atoms with Crippen LogP contribution in [0.25, 0.3) is 0 Å². The first-order valence-corrected chi connectivity index (χ1v) is 7.06. The Kier molecular flexibility index (Phi) is 4.37. The first kappa shape index (κ1) is 15.6. The lowest BCUT2D eigenvalue weighted by atomic mass is 9.75. The smallest absolute Gasteiger partial charge is 0.170 e. The molecule has 6 heteroatoms. The third kappa shape index (κ3) is 2.95. The van der Waals surface area contributed by atoms with Gasteiger partial charge < -0.3 is 20.7 Å². The van der Waals surface area contributed by atoms with Gasteiger partial charge in [0.2, 0.25) is 0 Å². The minimum absolute atomic E-state index is 0.0909. The van der Waals surface area contributed by atoms with Gasteiger partial charge in [0, 0.05) is 24.7 Å². The van der Waals surface area contributed by atoms with Crippen LogP contribution in [0.4, 0.5) is 10.1 Å². The summed E-state index contributed by atoms with van der Waals surface area (Å²) >= 11 is 0. The van der Waals surface area contributed by atoms with Crippen molar-refractivity contribution in [3.05, 3.63) is 29.6 Å². The van der Waals surface area contributed by atoms with Crippen LogP contribution in [-0.4, -0.2) is 49.2 Å². The molecular weight excluding hydrogens is 271 g/mol. The van der Waals surface area contributed by atoms with Crippen LogP contribution in [0.3, 0.4) is 0 Å². The molecule has 0 aliphatic heterocycles. The molecular formula is C15H23FN4O. The third-order valence-corrected chi connectivity index (χ3v) is 4.53. The molecule has 0 heterocycles. The molecule has 116 valence electrons. The Balaban J connectivity index is 2.18. The number of hydrogen-bond acceptors (Lipinski definition) is 4. The van der Waals surface area contributed by atoms with Gasteiger partial charge in [-0.3, -0.25) is 0 Å².